The predicted octanol–water partition coefficient (Wildman–Crippen LogP) is 15.3. The molecule has 250 valence electrons. The minimum atomic E-state index is 1.22. The normalized spacial score (nSPS) is 11.7. The molecule has 0 aliphatic carbocycles. The maximum absolute atomic E-state index is 2.45. The van der Waals surface area contributed by atoms with Gasteiger partial charge in [0.2, 0.25) is 0 Å². The molecule has 0 atom stereocenters. The molecule has 11 aromatic rings. The fourth-order valence-corrected chi connectivity index (χ4v) is 8.83. The van der Waals surface area contributed by atoms with Crippen LogP contribution in [0.1, 0.15) is 0 Å². The van der Waals surface area contributed by atoms with Gasteiger partial charge in [0.15, 0.2) is 0 Å². The van der Waals surface area contributed by atoms with E-state index in [2.05, 4.69) is 206 Å². The fraction of sp³-hybridized carbons (Fsp3) is 0. The van der Waals surface area contributed by atoms with E-state index in [1.54, 1.807) is 0 Å². The van der Waals surface area contributed by atoms with Crippen LogP contribution in [-0.4, -0.2) is 0 Å². The van der Waals surface area contributed by atoms with Gasteiger partial charge in [-0.3, -0.25) is 0 Å². The van der Waals surface area contributed by atoms with Crippen LogP contribution < -0.4 is 0 Å². The molecule has 0 fully saturated rings. The molecule has 0 bridgehead atoms. The van der Waals surface area contributed by atoms with Crippen molar-refractivity contribution < 1.29 is 0 Å². The monoisotopic (exact) mass is 682 g/mol. The summed E-state index contributed by atoms with van der Waals surface area (Å²) in [5.41, 5.74) is 9.92. The van der Waals surface area contributed by atoms with Crippen LogP contribution in [0.5, 0.6) is 0 Å². The van der Waals surface area contributed by atoms with Gasteiger partial charge in [-0.2, -0.15) is 0 Å². The highest BCUT2D eigenvalue weighted by atomic mass is 14.2. The second-order valence-corrected chi connectivity index (χ2v) is 14.4. The number of fused-ring (bicyclic) bond motifs is 6. The zero-order valence-corrected chi connectivity index (χ0v) is 29.6. The van der Waals surface area contributed by atoms with Gasteiger partial charge in [0.25, 0.3) is 0 Å². The van der Waals surface area contributed by atoms with Crippen molar-refractivity contribution in [1.29, 1.82) is 0 Å². The summed E-state index contributed by atoms with van der Waals surface area (Å²) in [5, 5.41) is 15.0. The number of hydrogen-bond acceptors (Lipinski definition) is 0. The Morgan fingerprint density at radius 1 is 0.185 bits per heavy atom. The molecule has 0 heterocycles. The van der Waals surface area contributed by atoms with Crippen molar-refractivity contribution in [3.8, 4) is 44.5 Å². The number of benzene rings is 11. The molecule has 0 saturated heterocycles. The number of rotatable bonds is 4. The summed E-state index contributed by atoms with van der Waals surface area (Å²) in [6, 6.07) is 76.4. The summed E-state index contributed by atoms with van der Waals surface area (Å²) in [7, 11) is 0. The molecular formula is C54H34. The number of hydrogen-bond donors (Lipinski definition) is 0. The molecule has 0 nitrogen and oxygen atoms in total. The first-order valence-corrected chi connectivity index (χ1v) is 18.7. The molecule has 0 radical (unpaired) electrons. The Morgan fingerprint density at radius 3 is 1.02 bits per heavy atom. The smallest absolute Gasteiger partial charge is 0.00259 e. The van der Waals surface area contributed by atoms with E-state index in [0.29, 0.717) is 0 Å². The zero-order chi connectivity index (χ0) is 35.6. The Kier molecular flexibility index (Phi) is 6.97. The molecule has 0 saturated carbocycles. The molecule has 0 aliphatic heterocycles. The zero-order valence-electron chi connectivity index (χ0n) is 29.6. The quantitative estimate of drug-likeness (QED) is 0.162. The van der Waals surface area contributed by atoms with Gasteiger partial charge in [-0.25, -0.2) is 0 Å². The molecule has 54 heavy (non-hydrogen) atoms. The van der Waals surface area contributed by atoms with Gasteiger partial charge < -0.3 is 0 Å². The fourth-order valence-electron chi connectivity index (χ4n) is 8.83. The summed E-state index contributed by atoms with van der Waals surface area (Å²) in [5.74, 6) is 0. The van der Waals surface area contributed by atoms with Gasteiger partial charge in [0.1, 0.15) is 0 Å². The Labute approximate surface area is 314 Å². The Balaban J connectivity index is 1.29. The van der Waals surface area contributed by atoms with Crippen LogP contribution >= 0.6 is 0 Å². The third-order valence-electron chi connectivity index (χ3n) is 11.4. The van der Waals surface area contributed by atoms with Crippen LogP contribution in [-0.2, 0) is 0 Å². The Bertz CT molecular complexity index is 3040. The highest BCUT2D eigenvalue weighted by Gasteiger charge is 2.20. The molecule has 11 rings (SSSR count). The van der Waals surface area contributed by atoms with Crippen molar-refractivity contribution >= 4 is 64.6 Å². The van der Waals surface area contributed by atoms with Crippen LogP contribution in [0.15, 0.2) is 206 Å². The van der Waals surface area contributed by atoms with Crippen molar-refractivity contribution in [3.05, 3.63) is 206 Å². The summed E-state index contributed by atoms with van der Waals surface area (Å²) in [6.07, 6.45) is 0. The van der Waals surface area contributed by atoms with E-state index >= 15 is 0 Å². The molecule has 0 amide bonds. The predicted molar refractivity (Wildman–Crippen MR) is 233 cm³/mol. The van der Waals surface area contributed by atoms with Crippen molar-refractivity contribution in [2.45, 2.75) is 0 Å². The molecule has 0 heteroatoms. The SMILES string of the molecule is c1ccc2cc(-c3c4ccc(-c5cccc6ccccc56)cc4c(-c4ccc5ccccc5c4)c4ccc(-c5cccc6ccccc56)cc34)ccc2c1. The summed E-state index contributed by atoms with van der Waals surface area (Å²) in [6.45, 7) is 0. The first-order chi connectivity index (χ1) is 26.8. The average Bonchev–Trinajstić information content (AvgIpc) is 3.24. The van der Waals surface area contributed by atoms with Crippen LogP contribution in [0.25, 0.3) is 109 Å². The lowest BCUT2D eigenvalue weighted by Gasteiger charge is -2.20. The maximum atomic E-state index is 2.45. The summed E-state index contributed by atoms with van der Waals surface area (Å²) in [4.78, 5) is 0. The second kappa shape index (κ2) is 12.3. The van der Waals surface area contributed by atoms with Gasteiger partial charge in [-0.1, -0.05) is 182 Å². The second-order valence-electron chi connectivity index (χ2n) is 14.4. The summed E-state index contributed by atoms with van der Waals surface area (Å²) >= 11 is 0. The van der Waals surface area contributed by atoms with Gasteiger partial charge >= 0.3 is 0 Å². The highest BCUT2D eigenvalue weighted by molar-refractivity contribution is 6.23. The molecule has 0 aromatic heterocycles. The Hall–Kier alpha value is -7.02. The molecule has 0 aliphatic rings. The van der Waals surface area contributed by atoms with Crippen molar-refractivity contribution in [1.82, 2.24) is 0 Å². The van der Waals surface area contributed by atoms with E-state index in [1.165, 1.54) is 109 Å². The first kappa shape index (κ1) is 30.6. The van der Waals surface area contributed by atoms with Crippen LogP contribution in [0.3, 0.4) is 0 Å². The minimum absolute atomic E-state index is 1.22. The minimum Gasteiger partial charge on any atom is -0.0616 e. The van der Waals surface area contributed by atoms with E-state index in [-0.39, 0.29) is 0 Å². The third-order valence-corrected chi connectivity index (χ3v) is 11.4. The lowest BCUT2D eigenvalue weighted by atomic mass is 9.83. The lowest BCUT2D eigenvalue weighted by molar-refractivity contribution is 1.65. The van der Waals surface area contributed by atoms with Crippen LogP contribution in [0.4, 0.5) is 0 Å². The van der Waals surface area contributed by atoms with E-state index in [4.69, 9.17) is 0 Å². The maximum Gasteiger partial charge on any atom is -0.00259 e. The van der Waals surface area contributed by atoms with E-state index in [1.807, 2.05) is 0 Å². The molecule has 11 aromatic carbocycles. The van der Waals surface area contributed by atoms with E-state index in [9.17, 15) is 0 Å². The van der Waals surface area contributed by atoms with Gasteiger partial charge in [0.05, 0.1) is 0 Å². The average molecular weight is 683 g/mol. The van der Waals surface area contributed by atoms with Crippen LogP contribution in [0, 0.1) is 0 Å². The van der Waals surface area contributed by atoms with E-state index in [0.717, 1.165) is 0 Å². The molecule has 0 unspecified atom stereocenters. The molecule has 0 N–H and O–H groups in total. The lowest BCUT2D eigenvalue weighted by Crippen LogP contribution is -1.93. The van der Waals surface area contributed by atoms with Crippen molar-refractivity contribution in [2.75, 3.05) is 0 Å². The van der Waals surface area contributed by atoms with Crippen LogP contribution in [0.2, 0.25) is 0 Å². The molecule has 0 spiro atoms. The third kappa shape index (κ3) is 4.92. The van der Waals surface area contributed by atoms with Gasteiger partial charge in [0, 0.05) is 0 Å². The van der Waals surface area contributed by atoms with Gasteiger partial charge in [-0.05, 0) is 133 Å². The topological polar surface area (TPSA) is 0 Å². The summed E-state index contributed by atoms with van der Waals surface area (Å²) < 4.78 is 0. The largest absolute Gasteiger partial charge is 0.0616 e. The van der Waals surface area contributed by atoms with Gasteiger partial charge in [-0.15, -0.1) is 0 Å². The van der Waals surface area contributed by atoms with E-state index < -0.39 is 0 Å². The highest BCUT2D eigenvalue weighted by Crippen LogP contribution is 2.47. The first-order valence-electron chi connectivity index (χ1n) is 18.7. The standard InChI is InChI=1S/C54H34/c1-3-15-39-31-43(25-23-35(39)11-1)53-49-29-27-42(48-22-10-18-38-14-6-8-20-46(38)48)34-52(49)54(44-26-24-36-12-2-4-16-40(36)32-44)50-30-28-41(33-51(50)53)47-21-9-17-37-13-5-7-19-45(37)47/h1-34H. The van der Waals surface area contributed by atoms with Crippen molar-refractivity contribution in [2.24, 2.45) is 0 Å². The van der Waals surface area contributed by atoms with Crippen molar-refractivity contribution in [3.63, 3.8) is 0 Å². The Morgan fingerprint density at radius 2 is 0.556 bits per heavy atom. The molecular weight excluding hydrogens is 649 g/mol.